The maximum atomic E-state index is 11.9. The van der Waals surface area contributed by atoms with Crippen molar-refractivity contribution in [2.24, 2.45) is 5.73 Å². The van der Waals surface area contributed by atoms with Gasteiger partial charge >= 0.3 is 0 Å². The number of nitrogens with one attached hydrogen (secondary N) is 1. The molecule has 0 bridgehead atoms. The number of sulfonamides is 1. The fourth-order valence-electron chi connectivity index (χ4n) is 1.22. The van der Waals surface area contributed by atoms with Crippen molar-refractivity contribution in [3.63, 3.8) is 0 Å². The van der Waals surface area contributed by atoms with Gasteiger partial charge in [0.2, 0.25) is 0 Å². The first-order valence-corrected chi connectivity index (χ1v) is 6.89. The third-order valence-electron chi connectivity index (χ3n) is 1.91. The van der Waals surface area contributed by atoms with Crippen molar-refractivity contribution in [2.45, 2.75) is 11.4 Å². The van der Waals surface area contributed by atoms with Gasteiger partial charge in [-0.3, -0.25) is 0 Å². The van der Waals surface area contributed by atoms with Crippen molar-refractivity contribution in [3.05, 3.63) is 27.7 Å². The molecular weight excluding hydrogens is 285 g/mol. The Labute approximate surface area is 111 Å². The van der Waals surface area contributed by atoms with Gasteiger partial charge in [-0.15, -0.1) is 4.83 Å². The van der Waals surface area contributed by atoms with Gasteiger partial charge in [0.15, 0.2) is 0 Å². The Morgan fingerprint density at radius 3 is 2.35 bits per heavy atom. The third-order valence-corrected chi connectivity index (χ3v) is 4.21. The van der Waals surface area contributed by atoms with Crippen molar-refractivity contribution in [1.82, 2.24) is 9.84 Å². The second-order valence-corrected chi connectivity index (χ2v) is 6.01. The summed E-state index contributed by atoms with van der Waals surface area (Å²) in [5, 5.41) is 1.71. The van der Waals surface area contributed by atoms with Crippen LogP contribution in [0.4, 0.5) is 0 Å². The lowest BCUT2D eigenvalue weighted by Crippen LogP contribution is -2.36. The standard InChI is InChI=1S/C9H13Cl2N3O2S/c1-14(2)13-17(15,16)9-3-6(5-12)7(10)4-8(9)11/h3-4,13H,5,12H2,1-2H3. The minimum absolute atomic E-state index is 0.0438. The van der Waals surface area contributed by atoms with E-state index in [0.29, 0.717) is 10.6 Å². The zero-order valence-electron chi connectivity index (χ0n) is 9.37. The molecule has 17 heavy (non-hydrogen) atoms. The van der Waals surface area contributed by atoms with Gasteiger partial charge in [-0.05, 0) is 17.7 Å². The van der Waals surface area contributed by atoms with Crippen LogP contribution in [0.2, 0.25) is 10.0 Å². The van der Waals surface area contributed by atoms with E-state index in [9.17, 15) is 8.42 Å². The van der Waals surface area contributed by atoms with Gasteiger partial charge in [-0.25, -0.2) is 13.4 Å². The molecule has 3 N–H and O–H groups in total. The highest BCUT2D eigenvalue weighted by molar-refractivity contribution is 7.89. The number of nitrogens with two attached hydrogens (primary N) is 1. The molecule has 0 spiro atoms. The molecule has 0 fully saturated rings. The molecule has 0 saturated carbocycles. The third kappa shape index (κ3) is 3.54. The summed E-state index contributed by atoms with van der Waals surface area (Å²) in [6, 6.07) is 2.74. The van der Waals surface area contributed by atoms with Crippen molar-refractivity contribution in [2.75, 3.05) is 14.1 Å². The lowest BCUT2D eigenvalue weighted by molar-refractivity contribution is 0.364. The molecule has 0 heterocycles. The minimum atomic E-state index is -3.71. The lowest BCUT2D eigenvalue weighted by Gasteiger charge is -2.14. The average Bonchev–Trinajstić information content (AvgIpc) is 2.15. The van der Waals surface area contributed by atoms with E-state index in [0.717, 1.165) is 0 Å². The molecule has 1 aromatic rings. The van der Waals surface area contributed by atoms with Crippen LogP contribution in [0, 0.1) is 0 Å². The van der Waals surface area contributed by atoms with E-state index in [1.54, 1.807) is 14.1 Å². The van der Waals surface area contributed by atoms with Crippen LogP contribution >= 0.6 is 23.2 Å². The Morgan fingerprint density at radius 1 is 1.29 bits per heavy atom. The number of halogens is 2. The van der Waals surface area contributed by atoms with E-state index < -0.39 is 10.0 Å². The Morgan fingerprint density at radius 2 is 1.88 bits per heavy atom. The minimum Gasteiger partial charge on any atom is -0.326 e. The summed E-state index contributed by atoms with van der Waals surface area (Å²) in [6.07, 6.45) is 0. The fraction of sp³-hybridized carbons (Fsp3) is 0.333. The van der Waals surface area contributed by atoms with Gasteiger partial charge in [-0.2, -0.15) is 0 Å². The Hall–Kier alpha value is -0.370. The molecular formula is C9H13Cl2N3O2S. The van der Waals surface area contributed by atoms with Crippen LogP contribution in [0.25, 0.3) is 0 Å². The van der Waals surface area contributed by atoms with Crippen LogP contribution in [-0.4, -0.2) is 27.5 Å². The molecule has 0 radical (unpaired) electrons. The molecule has 0 saturated heterocycles. The van der Waals surface area contributed by atoms with Crippen LogP contribution in [0.1, 0.15) is 5.56 Å². The van der Waals surface area contributed by atoms with Gasteiger partial charge in [0, 0.05) is 25.7 Å². The fourth-order valence-corrected chi connectivity index (χ4v) is 3.18. The van der Waals surface area contributed by atoms with Gasteiger partial charge < -0.3 is 5.73 Å². The second-order valence-electron chi connectivity index (χ2n) is 3.57. The number of rotatable bonds is 4. The first kappa shape index (κ1) is 14.7. The van der Waals surface area contributed by atoms with E-state index in [1.807, 2.05) is 0 Å². The van der Waals surface area contributed by atoms with Gasteiger partial charge in [0.25, 0.3) is 10.0 Å². The van der Waals surface area contributed by atoms with Crippen molar-refractivity contribution >= 4 is 33.2 Å². The lowest BCUT2D eigenvalue weighted by atomic mass is 10.2. The highest BCUT2D eigenvalue weighted by Gasteiger charge is 2.20. The second kappa shape index (κ2) is 5.51. The molecule has 1 rings (SSSR count). The van der Waals surface area contributed by atoms with E-state index in [-0.39, 0.29) is 16.5 Å². The van der Waals surface area contributed by atoms with E-state index in [2.05, 4.69) is 4.83 Å². The molecule has 5 nitrogen and oxygen atoms in total. The topological polar surface area (TPSA) is 75.4 Å². The molecule has 0 unspecified atom stereocenters. The number of hydrazine groups is 1. The monoisotopic (exact) mass is 297 g/mol. The molecule has 0 aliphatic rings. The SMILES string of the molecule is CN(C)NS(=O)(=O)c1cc(CN)c(Cl)cc1Cl. The molecule has 0 atom stereocenters. The first-order chi connectivity index (χ1) is 7.77. The summed E-state index contributed by atoms with van der Waals surface area (Å²) >= 11 is 11.7. The van der Waals surface area contributed by atoms with Crippen molar-refractivity contribution in [3.8, 4) is 0 Å². The molecule has 8 heteroatoms. The summed E-state index contributed by atoms with van der Waals surface area (Å²) in [5.74, 6) is 0. The number of hydrogen-bond donors (Lipinski definition) is 2. The molecule has 0 aliphatic carbocycles. The number of nitrogens with zero attached hydrogens (tertiary/aromatic N) is 1. The summed E-state index contributed by atoms with van der Waals surface area (Å²) in [5.41, 5.74) is 5.98. The Bertz CT molecular complexity index is 517. The van der Waals surface area contributed by atoms with E-state index in [1.165, 1.54) is 17.1 Å². The highest BCUT2D eigenvalue weighted by Crippen LogP contribution is 2.28. The summed E-state index contributed by atoms with van der Waals surface area (Å²) in [4.78, 5) is 2.24. The highest BCUT2D eigenvalue weighted by atomic mass is 35.5. The van der Waals surface area contributed by atoms with E-state index in [4.69, 9.17) is 28.9 Å². The number of hydrogen-bond acceptors (Lipinski definition) is 4. The largest absolute Gasteiger partial charge is 0.326 e. The van der Waals surface area contributed by atoms with Crippen LogP contribution in [0.5, 0.6) is 0 Å². The smallest absolute Gasteiger partial charge is 0.254 e. The van der Waals surface area contributed by atoms with Gasteiger partial charge in [0.05, 0.1) is 5.02 Å². The van der Waals surface area contributed by atoms with Crippen LogP contribution in [-0.2, 0) is 16.6 Å². The molecule has 1 aromatic carbocycles. The zero-order valence-corrected chi connectivity index (χ0v) is 11.7. The summed E-state index contributed by atoms with van der Waals surface area (Å²) < 4.78 is 23.8. The number of benzene rings is 1. The zero-order chi connectivity index (χ0) is 13.2. The summed E-state index contributed by atoms with van der Waals surface area (Å²) in [6.45, 7) is 0.139. The van der Waals surface area contributed by atoms with Crippen LogP contribution < -0.4 is 10.6 Å². The molecule has 0 aromatic heterocycles. The van der Waals surface area contributed by atoms with E-state index >= 15 is 0 Å². The maximum absolute atomic E-state index is 11.9. The normalized spacial score (nSPS) is 12.1. The molecule has 0 aliphatic heterocycles. The average molecular weight is 298 g/mol. The predicted octanol–water partition coefficient (Wildman–Crippen LogP) is 1.21. The van der Waals surface area contributed by atoms with Crippen molar-refractivity contribution in [1.29, 1.82) is 0 Å². The Balaban J connectivity index is 3.31. The van der Waals surface area contributed by atoms with Crippen molar-refractivity contribution < 1.29 is 8.42 Å². The molecule has 96 valence electrons. The first-order valence-electron chi connectivity index (χ1n) is 4.65. The van der Waals surface area contributed by atoms with Gasteiger partial charge in [0.1, 0.15) is 4.90 Å². The Kier molecular flexibility index (Phi) is 4.77. The van der Waals surface area contributed by atoms with Gasteiger partial charge in [-0.1, -0.05) is 23.2 Å². The van der Waals surface area contributed by atoms with Crippen LogP contribution in [0.3, 0.4) is 0 Å². The van der Waals surface area contributed by atoms with Crippen LogP contribution in [0.15, 0.2) is 17.0 Å². The predicted molar refractivity (Wildman–Crippen MR) is 68.4 cm³/mol. The quantitative estimate of drug-likeness (QED) is 0.819. The maximum Gasteiger partial charge on any atom is 0.254 e. The molecule has 0 amide bonds. The summed E-state index contributed by atoms with van der Waals surface area (Å²) in [7, 11) is -0.588.